The maximum Gasteiger partial charge on any atom is 0.227 e. The second kappa shape index (κ2) is 7.30. The highest BCUT2D eigenvalue weighted by Gasteiger charge is 2.24. The van der Waals surface area contributed by atoms with Gasteiger partial charge in [-0.1, -0.05) is 19.8 Å². The SMILES string of the molecule is CCC1CCCCN1c1nc(C)cc(N2CCCCCC2)n1. The summed E-state index contributed by atoms with van der Waals surface area (Å²) in [5.74, 6) is 2.11. The smallest absolute Gasteiger partial charge is 0.227 e. The first-order valence-electron chi connectivity index (χ1n) is 9.15. The maximum atomic E-state index is 4.96. The van der Waals surface area contributed by atoms with Crippen LogP contribution in [0.15, 0.2) is 6.07 Å². The maximum absolute atomic E-state index is 4.96. The van der Waals surface area contributed by atoms with Crippen molar-refractivity contribution < 1.29 is 0 Å². The molecule has 2 saturated heterocycles. The Hall–Kier alpha value is -1.32. The summed E-state index contributed by atoms with van der Waals surface area (Å²) in [6.07, 6.45) is 10.4. The highest BCUT2D eigenvalue weighted by molar-refractivity contribution is 5.46. The summed E-state index contributed by atoms with van der Waals surface area (Å²) in [4.78, 5) is 14.6. The standard InChI is InChI=1S/C18H30N4/c1-3-16-10-6-9-13-22(16)18-19-15(2)14-17(20-18)21-11-7-4-5-8-12-21/h14,16H,3-13H2,1-2H3. The van der Waals surface area contributed by atoms with Crippen molar-refractivity contribution in [2.75, 3.05) is 29.4 Å². The van der Waals surface area contributed by atoms with Gasteiger partial charge in [-0.05, 0) is 45.4 Å². The molecule has 0 radical (unpaired) electrons. The van der Waals surface area contributed by atoms with Gasteiger partial charge in [0.15, 0.2) is 0 Å². The molecule has 1 aromatic rings. The van der Waals surface area contributed by atoms with E-state index < -0.39 is 0 Å². The molecular formula is C18H30N4. The van der Waals surface area contributed by atoms with Gasteiger partial charge in [0, 0.05) is 37.4 Å². The molecule has 0 amide bonds. The zero-order chi connectivity index (χ0) is 15.4. The summed E-state index contributed by atoms with van der Waals surface area (Å²) in [6, 6.07) is 2.78. The van der Waals surface area contributed by atoms with Crippen LogP contribution in [0.5, 0.6) is 0 Å². The molecule has 3 heterocycles. The molecule has 2 fully saturated rings. The normalized spacial score (nSPS) is 23.5. The summed E-state index contributed by atoms with van der Waals surface area (Å²) in [7, 11) is 0. The molecule has 1 aromatic heterocycles. The minimum Gasteiger partial charge on any atom is -0.356 e. The molecule has 1 atom stereocenters. The van der Waals surface area contributed by atoms with E-state index in [0.717, 1.165) is 37.1 Å². The molecule has 22 heavy (non-hydrogen) atoms. The van der Waals surface area contributed by atoms with Crippen LogP contribution in [0.25, 0.3) is 0 Å². The number of rotatable bonds is 3. The first kappa shape index (κ1) is 15.6. The van der Waals surface area contributed by atoms with E-state index in [4.69, 9.17) is 9.97 Å². The van der Waals surface area contributed by atoms with E-state index in [1.54, 1.807) is 0 Å². The fraction of sp³-hybridized carbons (Fsp3) is 0.778. The first-order chi connectivity index (χ1) is 10.8. The zero-order valence-electron chi connectivity index (χ0n) is 14.2. The van der Waals surface area contributed by atoms with E-state index in [9.17, 15) is 0 Å². The fourth-order valence-corrected chi connectivity index (χ4v) is 3.82. The van der Waals surface area contributed by atoms with Crippen molar-refractivity contribution in [3.05, 3.63) is 11.8 Å². The van der Waals surface area contributed by atoms with E-state index >= 15 is 0 Å². The lowest BCUT2D eigenvalue weighted by Crippen LogP contribution is -2.40. The number of anilines is 2. The Kier molecular flexibility index (Phi) is 5.16. The molecule has 0 N–H and O–H groups in total. The Bertz CT molecular complexity index is 480. The Morgan fingerprint density at radius 2 is 1.73 bits per heavy atom. The third-order valence-corrected chi connectivity index (χ3v) is 5.11. The molecule has 1 unspecified atom stereocenters. The molecular weight excluding hydrogens is 272 g/mol. The molecule has 3 rings (SSSR count). The quantitative estimate of drug-likeness (QED) is 0.846. The Morgan fingerprint density at radius 1 is 1.00 bits per heavy atom. The van der Waals surface area contributed by atoms with Gasteiger partial charge in [0.05, 0.1) is 0 Å². The van der Waals surface area contributed by atoms with E-state index in [2.05, 4.69) is 29.7 Å². The molecule has 0 bridgehead atoms. The molecule has 4 nitrogen and oxygen atoms in total. The summed E-state index contributed by atoms with van der Waals surface area (Å²) in [6.45, 7) is 7.80. The van der Waals surface area contributed by atoms with Crippen molar-refractivity contribution in [2.24, 2.45) is 0 Å². The number of aryl methyl sites for hydroxylation is 1. The van der Waals surface area contributed by atoms with Crippen LogP contribution in [0.2, 0.25) is 0 Å². The topological polar surface area (TPSA) is 32.3 Å². The second-order valence-corrected chi connectivity index (χ2v) is 6.82. The van der Waals surface area contributed by atoms with Crippen molar-refractivity contribution in [1.82, 2.24) is 9.97 Å². The summed E-state index contributed by atoms with van der Waals surface area (Å²) in [5.41, 5.74) is 1.10. The molecule has 0 spiro atoms. The van der Waals surface area contributed by atoms with Crippen LogP contribution >= 0.6 is 0 Å². The van der Waals surface area contributed by atoms with Crippen LogP contribution in [0, 0.1) is 6.92 Å². The van der Waals surface area contributed by atoms with Gasteiger partial charge in [0.2, 0.25) is 5.95 Å². The molecule has 2 aliphatic heterocycles. The lowest BCUT2D eigenvalue weighted by molar-refractivity contribution is 0.443. The fourth-order valence-electron chi connectivity index (χ4n) is 3.82. The van der Waals surface area contributed by atoms with Gasteiger partial charge in [-0.2, -0.15) is 4.98 Å². The lowest BCUT2D eigenvalue weighted by atomic mass is 10.0. The number of piperidine rings is 1. The zero-order valence-corrected chi connectivity index (χ0v) is 14.2. The van der Waals surface area contributed by atoms with Gasteiger partial charge in [0.25, 0.3) is 0 Å². The van der Waals surface area contributed by atoms with E-state index in [1.807, 2.05) is 0 Å². The minimum absolute atomic E-state index is 0.618. The van der Waals surface area contributed by atoms with E-state index in [1.165, 1.54) is 51.4 Å². The number of hydrogen-bond acceptors (Lipinski definition) is 4. The second-order valence-electron chi connectivity index (χ2n) is 6.82. The largest absolute Gasteiger partial charge is 0.356 e. The minimum atomic E-state index is 0.618. The van der Waals surface area contributed by atoms with Crippen LogP contribution in [-0.4, -0.2) is 35.6 Å². The molecule has 0 aliphatic carbocycles. The third-order valence-electron chi connectivity index (χ3n) is 5.11. The van der Waals surface area contributed by atoms with Crippen molar-refractivity contribution in [3.63, 3.8) is 0 Å². The Morgan fingerprint density at radius 3 is 2.45 bits per heavy atom. The van der Waals surface area contributed by atoms with Gasteiger partial charge < -0.3 is 9.80 Å². The lowest BCUT2D eigenvalue weighted by Gasteiger charge is -2.36. The van der Waals surface area contributed by atoms with Gasteiger partial charge >= 0.3 is 0 Å². The van der Waals surface area contributed by atoms with Crippen molar-refractivity contribution in [1.29, 1.82) is 0 Å². The summed E-state index contributed by atoms with van der Waals surface area (Å²) >= 11 is 0. The monoisotopic (exact) mass is 302 g/mol. The summed E-state index contributed by atoms with van der Waals surface area (Å²) < 4.78 is 0. The average molecular weight is 302 g/mol. The van der Waals surface area contributed by atoms with Crippen LogP contribution < -0.4 is 9.80 Å². The molecule has 122 valence electrons. The van der Waals surface area contributed by atoms with Gasteiger partial charge in [-0.15, -0.1) is 0 Å². The third kappa shape index (κ3) is 3.53. The van der Waals surface area contributed by atoms with Crippen molar-refractivity contribution >= 4 is 11.8 Å². The molecule has 2 aliphatic rings. The average Bonchev–Trinajstić information content (AvgIpc) is 2.83. The van der Waals surface area contributed by atoms with Crippen LogP contribution in [-0.2, 0) is 0 Å². The number of aromatic nitrogens is 2. The summed E-state index contributed by atoms with van der Waals surface area (Å²) in [5, 5.41) is 0. The predicted molar refractivity (Wildman–Crippen MR) is 92.7 cm³/mol. The van der Waals surface area contributed by atoms with Crippen LogP contribution in [0.4, 0.5) is 11.8 Å². The highest BCUT2D eigenvalue weighted by Crippen LogP contribution is 2.26. The number of hydrogen-bond donors (Lipinski definition) is 0. The molecule has 0 aromatic carbocycles. The van der Waals surface area contributed by atoms with Gasteiger partial charge in [-0.3, -0.25) is 0 Å². The van der Waals surface area contributed by atoms with Crippen LogP contribution in [0.1, 0.15) is 64.0 Å². The predicted octanol–water partition coefficient (Wildman–Crippen LogP) is 3.93. The van der Waals surface area contributed by atoms with Crippen molar-refractivity contribution in [3.8, 4) is 0 Å². The Balaban J connectivity index is 1.85. The highest BCUT2D eigenvalue weighted by atomic mass is 15.3. The van der Waals surface area contributed by atoms with E-state index in [-0.39, 0.29) is 0 Å². The van der Waals surface area contributed by atoms with Crippen molar-refractivity contribution in [2.45, 2.75) is 71.3 Å². The first-order valence-corrected chi connectivity index (χ1v) is 9.15. The number of nitrogens with zero attached hydrogens (tertiary/aromatic N) is 4. The molecule has 4 heteroatoms. The van der Waals surface area contributed by atoms with Gasteiger partial charge in [0.1, 0.15) is 5.82 Å². The van der Waals surface area contributed by atoms with Crippen LogP contribution in [0.3, 0.4) is 0 Å². The van der Waals surface area contributed by atoms with E-state index in [0.29, 0.717) is 6.04 Å². The molecule has 0 saturated carbocycles. The van der Waals surface area contributed by atoms with Gasteiger partial charge in [-0.25, -0.2) is 4.98 Å². The Labute approximate surface area is 134 Å².